The third kappa shape index (κ3) is 5.64. The smallest absolute Gasteiger partial charge is 0.192 e. The van der Waals surface area contributed by atoms with E-state index in [1.54, 1.807) is 12.1 Å². The molecule has 202 valence electrons. The molecule has 0 radical (unpaired) electrons. The van der Waals surface area contributed by atoms with Crippen molar-refractivity contribution in [2.45, 2.75) is 116 Å². The molecule has 0 spiro atoms. The summed E-state index contributed by atoms with van der Waals surface area (Å²) >= 11 is 0. The maximum Gasteiger partial charge on any atom is 0.192 e. The van der Waals surface area contributed by atoms with Gasteiger partial charge in [0.25, 0.3) is 0 Å². The standard InChI is InChI=1S/C32H46FNO2Si/c1-20(2)29-28(30(35)22-14-16-23(33)17-15-22)26(21-12-10-11-13-21)27-24(34-29)18-32(6,7)19-25(27)36-37(8,9)31(3,4)5/h10,12,14-17,20-21,25,30,35H,11,13,18-19H2,1-9H3/t21?,25?,30-/m1/s1. The number of hydrogen-bond acceptors (Lipinski definition) is 3. The van der Waals surface area contributed by atoms with Crippen LogP contribution >= 0.6 is 0 Å². The lowest BCUT2D eigenvalue weighted by Gasteiger charge is -2.45. The zero-order valence-electron chi connectivity index (χ0n) is 24.3. The number of allylic oxidation sites excluding steroid dienone is 2. The first kappa shape index (κ1) is 28.2. The topological polar surface area (TPSA) is 42.4 Å². The zero-order chi connectivity index (χ0) is 27.3. The van der Waals surface area contributed by atoms with Crippen LogP contribution < -0.4 is 0 Å². The van der Waals surface area contributed by atoms with Crippen molar-refractivity contribution >= 4 is 8.32 Å². The van der Waals surface area contributed by atoms with E-state index >= 15 is 0 Å². The van der Waals surface area contributed by atoms with E-state index in [0.29, 0.717) is 5.56 Å². The van der Waals surface area contributed by atoms with Gasteiger partial charge in [0.05, 0.1) is 6.10 Å². The van der Waals surface area contributed by atoms with Crippen molar-refractivity contribution in [2.24, 2.45) is 5.41 Å². The molecule has 1 aromatic carbocycles. The van der Waals surface area contributed by atoms with Crippen LogP contribution in [0.15, 0.2) is 36.4 Å². The molecule has 2 aliphatic rings. The third-order valence-electron chi connectivity index (χ3n) is 8.76. The number of halogens is 1. The molecule has 0 fully saturated rings. The van der Waals surface area contributed by atoms with Gasteiger partial charge in [-0.3, -0.25) is 4.98 Å². The molecule has 0 saturated heterocycles. The average Bonchev–Trinajstić information content (AvgIpc) is 3.30. The molecule has 0 amide bonds. The molecule has 1 heterocycles. The van der Waals surface area contributed by atoms with Crippen molar-refractivity contribution < 1.29 is 13.9 Å². The molecule has 0 aliphatic heterocycles. The van der Waals surface area contributed by atoms with Gasteiger partial charge in [-0.05, 0) is 78.4 Å². The van der Waals surface area contributed by atoms with Crippen LogP contribution in [0.4, 0.5) is 4.39 Å². The molecule has 1 aromatic heterocycles. The largest absolute Gasteiger partial charge is 0.410 e. The van der Waals surface area contributed by atoms with Crippen LogP contribution in [0.2, 0.25) is 18.1 Å². The number of rotatable bonds is 6. The summed E-state index contributed by atoms with van der Waals surface area (Å²) in [6, 6.07) is 6.26. The SMILES string of the molecule is CC(C)c1nc2c(c(C3C=CCC3)c1[C@H](O)c1ccc(F)cc1)C(O[Si](C)(C)C(C)(C)C)CC(C)(C)C2. The highest BCUT2D eigenvalue weighted by Gasteiger charge is 2.45. The second kappa shape index (κ2) is 10.1. The second-order valence-corrected chi connectivity index (χ2v) is 18.6. The summed E-state index contributed by atoms with van der Waals surface area (Å²) in [5.74, 6) is 0.0584. The van der Waals surface area contributed by atoms with E-state index in [0.717, 1.165) is 42.6 Å². The Morgan fingerprint density at radius 2 is 1.76 bits per heavy atom. The van der Waals surface area contributed by atoms with Gasteiger partial charge in [-0.1, -0.05) is 72.8 Å². The molecular formula is C32H46FNO2Si. The fourth-order valence-electron chi connectivity index (χ4n) is 5.77. The lowest BCUT2D eigenvalue weighted by molar-refractivity contribution is 0.104. The Balaban J connectivity index is 2.00. The summed E-state index contributed by atoms with van der Waals surface area (Å²) in [4.78, 5) is 5.32. The van der Waals surface area contributed by atoms with E-state index < -0.39 is 14.4 Å². The zero-order valence-corrected chi connectivity index (χ0v) is 25.3. The summed E-state index contributed by atoms with van der Waals surface area (Å²) < 4.78 is 21.0. The minimum atomic E-state index is -2.09. The van der Waals surface area contributed by atoms with Crippen LogP contribution in [0.3, 0.4) is 0 Å². The first-order chi connectivity index (χ1) is 17.1. The van der Waals surface area contributed by atoms with E-state index in [9.17, 15) is 9.50 Å². The summed E-state index contributed by atoms with van der Waals surface area (Å²) in [7, 11) is -2.09. The lowest BCUT2D eigenvalue weighted by atomic mass is 9.70. The monoisotopic (exact) mass is 523 g/mol. The van der Waals surface area contributed by atoms with Gasteiger partial charge >= 0.3 is 0 Å². The predicted octanol–water partition coefficient (Wildman–Crippen LogP) is 8.89. The molecule has 3 atom stereocenters. The highest BCUT2D eigenvalue weighted by molar-refractivity contribution is 6.74. The summed E-state index contributed by atoms with van der Waals surface area (Å²) in [5.41, 5.74) is 6.18. The number of pyridine rings is 1. The van der Waals surface area contributed by atoms with Gasteiger partial charge in [0.2, 0.25) is 0 Å². The van der Waals surface area contributed by atoms with E-state index in [1.165, 1.54) is 23.3 Å². The van der Waals surface area contributed by atoms with Gasteiger partial charge in [-0.2, -0.15) is 0 Å². The molecule has 4 rings (SSSR count). The van der Waals surface area contributed by atoms with Crippen molar-refractivity contribution in [1.29, 1.82) is 0 Å². The van der Waals surface area contributed by atoms with Crippen LogP contribution in [0.1, 0.15) is 125 Å². The number of aliphatic hydroxyl groups excluding tert-OH is 1. The Morgan fingerprint density at radius 3 is 2.30 bits per heavy atom. The number of fused-ring (bicyclic) bond motifs is 1. The van der Waals surface area contributed by atoms with Crippen molar-refractivity contribution in [3.05, 3.63) is 75.9 Å². The Hall–Kier alpha value is -1.82. The van der Waals surface area contributed by atoms with Crippen LogP contribution in [0.5, 0.6) is 0 Å². The summed E-state index contributed by atoms with van der Waals surface area (Å²) in [6.45, 7) is 20.5. The quantitative estimate of drug-likeness (QED) is 0.304. The highest BCUT2D eigenvalue weighted by Crippen LogP contribution is 2.52. The molecule has 37 heavy (non-hydrogen) atoms. The third-order valence-corrected chi connectivity index (χ3v) is 13.2. The van der Waals surface area contributed by atoms with Gasteiger partial charge in [0.1, 0.15) is 11.9 Å². The number of aromatic nitrogens is 1. The van der Waals surface area contributed by atoms with Crippen LogP contribution in [0.25, 0.3) is 0 Å². The summed E-state index contributed by atoms with van der Waals surface area (Å²) in [5, 5.41) is 12.0. The number of aliphatic hydroxyl groups is 1. The Morgan fingerprint density at radius 1 is 1.11 bits per heavy atom. The maximum absolute atomic E-state index is 13.8. The molecule has 1 N–H and O–H groups in total. The molecule has 0 bridgehead atoms. The Labute approximate surface area is 224 Å². The minimum absolute atomic E-state index is 0.0588. The van der Waals surface area contributed by atoms with Crippen LogP contribution in [-0.4, -0.2) is 18.4 Å². The second-order valence-electron chi connectivity index (χ2n) is 13.8. The molecule has 5 heteroatoms. The van der Waals surface area contributed by atoms with Crippen molar-refractivity contribution in [1.82, 2.24) is 4.98 Å². The minimum Gasteiger partial charge on any atom is -0.410 e. The molecule has 3 nitrogen and oxygen atoms in total. The van der Waals surface area contributed by atoms with Gasteiger partial charge in [0, 0.05) is 28.4 Å². The Bertz CT molecular complexity index is 1160. The van der Waals surface area contributed by atoms with Crippen molar-refractivity contribution in [3.63, 3.8) is 0 Å². The molecule has 0 saturated carbocycles. The fraction of sp³-hybridized carbons (Fsp3) is 0.594. The van der Waals surface area contributed by atoms with Gasteiger partial charge in [-0.25, -0.2) is 4.39 Å². The van der Waals surface area contributed by atoms with E-state index in [-0.39, 0.29) is 34.2 Å². The average molecular weight is 524 g/mol. The van der Waals surface area contributed by atoms with Gasteiger partial charge < -0.3 is 9.53 Å². The molecular weight excluding hydrogens is 477 g/mol. The van der Waals surface area contributed by atoms with Crippen LogP contribution in [-0.2, 0) is 10.8 Å². The summed E-state index contributed by atoms with van der Waals surface area (Å²) in [6.07, 6.45) is 7.53. The first-order valence-corrected chi connectivity index (χ1v) is 16.9. The van der Waals surface area contributed by atoms with Gasteiger partial charge in [-0.15, -0.1) is 0 Å². The van der Waals surface area contributed by atoms with Gasteiger partial charge in [0.15, 0.2) is 8.32 Å². The number of benzene rings is 1. The van der Waals surface area contributed by atoms with E-state index in [2.05, 4.69) is 73.7 Å². The maximum atomic E-state index is 13.8. The Kier molecular flexibility index (Phi) is 7.66. The molecule has 2 unspecified atom stereocenters. The predicted molar refractivity (Wildman–Crippen MR) is 153 cm³/mol. The first-order valence-electron chi connectivity index (χ1n) is 14.0. The van der Waals surface area contributed by atoms with Crippen LogP contribution in [0, 0.1) is 11.2 Å². The number of nitrogens with zero attached hydrogens (tertiary/aromatic N) is 1. The molecule has 2 aromatic rings. The van der Waals surface area contributed by atoms with E-state index in [1.807, 2.05) is 0 Å². The number of hydrogen-bond donors (Lipinski definition) is 1. The highest BCUT2D eigenvalue weighted by atomic mass is 28.4. The fourth-order valence-corrected chi connectivity index (χ4v) is 7.04. The van der Waals surface area contributed by atoms with E-state index in [4.69, 9.17) is 9.41 Å². The normalized spacial score (nSPS) is 22.4. The molecule has 2 aliphatic carbocycles. The van der Waals surface area contributed by atoms with Crippen molar-refractivity contribution in [3.8, 4) is 0 Å². The lowest BCUT2D eigenvalue weighted by Crippen LogP contribution is -2.44. The van der Waals surface area contributed by atoms with Crippen molar-refractivity contribution in [2.75, 3.05) is 0 Å².